The summed E-state index contributed by atoms with van der Waals surface area (Å²) in [6, 6.07) is 12.5. The fourth-order valence-electron chi connectivity index (χ4n) is 1.68. The van der Waals surface area contributed by atoms with Crippen LogP contribution >= 0.6 is 0 Å². The van der Waals surface area contributed by atoms with Crippen molar-refractivity contribution in [3.05, 3.63) is 47.7 Å². The topological polar surface area (TPSA) is 60.2 Å². The maximum Gasteiger partial charge on any atom is 0.150 e. The second-order valence-corrected chi connectivity index (χ2v) is 4.01. The molecule has 4 nitrogen and oxygen atoms in total. The van der Waals surface area contributed by atoms with Gasteiger partial charge in [-0.15, -0.1) is 0 Å². The SMILES string of the molecule is Cc1ccc(C#N)c(N(C)c2ccc(O)cc2)n1. The van der Waals surface area contributed by atoms with E-state index in [1.807, 2.05) is 24.9 Å². The number of rotatable bonds is 2. The van der Waals surface area contributed by atoms with Crippen molar-refractivity contribution in [3.8, 4) is 11.8 Å². The van der Waals surface area contributed by atoms with E-state index in [2.05, 4.69) is 11.1 Å². The summed E-state index contributed by atoms with van der Waals surface area (Å²) in [4.78, 5) is 6.21. The van der Waals surface area contributed by atoms with Gasteiger partial charge in [0.15, 0.2) is 5.82 Å². The number of anilines is 2. The van der Waals surface area contributed by atoms with E-state index < -0.39 is 0 Å². The van der Waals surface area contributed by atoms with Gasteiger partial charge in [0.05, 0.1) is 5.56 Å². The normalized spacial score (nSPS) is 9.83. The van der Waals surface area contributed by atoms with E-state index in [-0.39, 0.29) is 5.75 Å². The van der Waals surface area contributed by atoms with Crippen LogP contribution in [0.2, 0.25) is 0 Å². The Morgan fingerprint density at radius 1 is 1.17 bits per heavy atom. The first-order valence-electron chi connectivity index (χ1n) is 5.52. The Morgan fingerprint density at radius 3 is 2.44 bits per heavy atom. The summed E-state index contributed by atoms with van der Waals surface area (Å²) in [6.45, 7) is 1.88. The molecular weight excluding hydrogens is 226 g/mol. The van der Waals surface area contributed by atoms with Crippen molar-refractivity contribution in [3.63, 3.8) is 0 Å². The Hall–Kier alpha value is -2.54. The van der Waals surface area contributed by atoms with Crippen molar-refractivity contribution in [2.75, 3.05) is 11.9 Å². The molecule has 2 rings (SSSR count). The molecule has 0 saturated carbocycles. The molecule has 0 saturated heterocycles. The predicted octanol–water partition coefficient (Wildman–Crippen LogP) is 2.74. The van der Waals surface area contributed by atoms with Crippen molar-refractivity contribution in [2.45, 2.75) is 6.92 Å². The number of benzene rings is 1. The number of phenols is 1. The number of hydrogen-bond donors (Lipinski definition) is 1. The van der Waals surface area contributed by atoms with E-state index >= 15 is 0 Å². The third-order valence-electron chi connectivity index (χ3n) is 2.69. The Bertz CT molecular complexity index is 599. The van der Waals surface area contributed by atoms with E-state index in [4.69, 9.17) is 5.26 Å². The Labute approximate surface area is 106 Å². The molecule has 0 aliphatic rings. The van der Waals surface area contributed by atoms with Crippen LogP contribution in [0.25, 0.3) is 0 Å². The minimum atomic E-state index is 0.213. The van der Waals surface area contributed by atoms with Gasteiger partial charge < -0.3 is 10.0 Å². The number of aromatic nitrogens is 1. The van der Waals surface area contributed by atoms with E-state index in [1.54, 1.807) is 30.3 Å². The molecule has 0 aliphatic carbocycles. The minimum absolute atomic E-state index is 0.213. The molecule has 0 spiro atoms. The highest BCUT2D eigenvalue weighted by Gasteiger charge is 2.11. The van der Waals surface area contributed by atoms with Crippen molar-refractivity contribution in [1.29, 1.82) is 5.26 Å². The van der Waals surface area contributed by atoms with Crippen LogP contribution in [-0.2, 0) is 0 Å². The van der Waals surface area contributed by atoms with E-state index in [1.165, 1.54) is 0 Å². The zero-order valence-corrected chi connectivity index (χ0v) is 10.3. The molecule has 0 radical (unpaired) electrons. The van der Waals surface area contributed by atoms with Gasteiger partial charge in [-0.1, -0.05) is 0 Å². The summed E-state index contributed by atoms with van der Waals surface area (Å²) in [5.74, 6) is 0.827. The Kier molecular flexibility index (Phi) is 3.16. The molecule has 0 atom stereocenters. The summed E-state index contributed by atoms with van der Waals surface area (Å²) in [6.07, 6.45) is 0. The molecule has 90 valence electrons. The quantitative estimate of drug-likeness (QED) is 0.875. The lowest BCUT2D eigenvalue weighted by molar-refractivity contribution is 0.475. The van der Waals surface area contributed by atoms with Crippen LogP contribution in [0.4, 0.5) is 11.5 Å². The lowest BCUT2D eigenvalue weighted by Gasteiger charge is -2.19. The number of aryl methyl sites for hydroxylation is 1. The molecule has 0 aliphatic heterocycles. The highest BCUT2D eigenvalue weighted by Crippen LogP contribution is 2.26. The van der Waals surface area contributed by atoms with Crippen molar-refractivity contribution in [2.24, 2.45) is 0 Å². The molecule has 2 aromatic rings. The minimum Gasteiger partial charge on any atom is -0.508 e. The highest BCUT2D eigenvalue weighted by atomic mass is 16.3. The number of nitrogens with zero attached hydrogens (tertiary/aromatic N) is 3. The average molecular weight is 239 g/mol. The molecule has 0 unspecified atom stereocenters. The Morgan fingerprint density at radius 2 is 1.83 bits per heavy atom. The van der Waals surface area contributed by atoms with Gasteiger partial charge in [-0.3, -0.25) is 0 Å². The second kappa shape index (κ2) is 4.76. The average Bonchev–Trinajstić information content (AvgIpc) is 2.39. The van der Waals surface area contributed by atoms with Gasteiger partial charge in [0.1, 0.15) is 11.8 Å². The van der Waals surface area contributed by atoms with Crippen LogP contribution in [0, 0.1) is 18.3 Å². The molecule has 0 fully saturated rings. The molecule has 0 bridgehead atoms. The van der Waals surface area contributed by atoms with Crippen LogP contribution in [-0.4, -0.2) is 17.1 Å². The number of phenolic OH excluding ortho intramolecular Hbond substituents is 1. The van der Waals surface area contributed by atoms with Gasteiger partial charge in [-0.05, 0) is 43.3 Å². The molecule has 0 amide bonds. The largest absolute Gasteiger partial charge is 0.508 e. The second-order valence-electron chi connectivity index (χ2n) is 4.01. The maximum absolute atomic E-state index is 9.27. The van der Waals surface area contributed by atoms with Gasteiger partial charge in [0.2, 0.25) is 0 Å². The Balaban J connectivity index is 2.45. The van der Waals surface area contributed by atoms with E-state index in [0.717, 1.165) is 11.4 Å². The standard InChI is InChI=1S/C14H13N3O/c1-10-3-4-11(9-15)14(16-10)17(2)12-5-7-13(18)8-6-12/h3-8,18H,1-2H3. The van der Waals surface area contributed by atoms with Crippen LogP contribution < -0.4 is 4.90 Å². The number of hydrogen-bond acceptors (Lipinski definition) is 4. The van der Waals surface area contributed by atoms with Gasteiger partial charge in [0, 0.05) is 18.4 Å². The molecule has 4 heteroatoms. The third-order valence-corrected chi connectivity index (χ3v) is 2.69. The number of pyridine rings is 1. The first-order chi connectivity index (χ1) is 8.61. The maximum atomic E-state index is 9.27. The van der Waals surface area contributed by atoms with Gasteiger partial charge in [-0.25, -0.2) is 4.98 Å². The predicted molar refractivity (Wildman–Crippen MR) is 69.9 cm³/mol. The summed E-state index contributed by atoms with van der Waals surface area (Å²) < 4.78 is 0. The fourth-order valence-corrected chi connectivity index (χ4v) is 1.68. The molecule has 1 aromatic heterocycles. The van der Waals surface area contributed by atoms with Gasteiger partial charge in [-0.2, -0.15) is 5.26 Å². The molecule has 1 heterocycles. The fraction of sp³-hybridized carbons (Fsp3) is 0.143. The summed E-state index contributed by atoms with van der Waals surface area (Å²) >= 11 is 0. The van der Waals surface area contributed by atoms with E-state index in [9.17, 15) is 5.11 Å². The smallest absolute Gasteiger partial charge is 0.150 e. The summed E-state index contributed by atoms with van der Waals surface area (Å²) in [5.41, 5.74) is 2.24. The number of nitriles is 1. The van der Waals surface area contributed by atoms with Crippen LogP contribution in [0.5, 0.6) is 5.75 Å². The van der Waals surface area contributed by atoms with E-state index in [0.29, 0.717) is 11.4 Å². The van der Waals surface area contributed by atoms with Crippen molar-refractivity contribution in [1.82, 2.24) is 4.98 Å². The van der Waals surface area contributed by atoms with Crippen molar-refractivity contribution < 1.29 is 5.11 Å². The summed E-state index contributed by atoms with van der Waals surface area (Å²) in [7, 11) is 1.84. The molecule has 1 aromatic carbocycles. The lowest BCUT2D eigenvalue weighted by Crippen LogP contribution is -2.13. The van der Waals surface area contributed by atoms with Gasteiger partial charge in [0.25, 0.3) is 0 Å². The van der Waals surface area contributed by atoms with Crippen LogP contribution in [0.15, 0.2) is 36.4 Å². The van der Waals surface area contributed by atoms with Gasteiger partial charge >= 0.3 is 0 Å². The zero-order chi connectivity index (χ0) is 13.1. The molecule has 18 heavy (non-hydrogen) atoms. The zero-order valence-electron chi connectivity index (χ0n) is 10.3. The van der Waals surface area contributed by atoms with Crippen molar-refractivity contribution >= 4 is 11.5 Å². The van der Waals surface area contributed by atoms with Crippen LogP contribution in [0.1, 0.15) is 11.3 Å². The molecular formula is C14H13N3O. The third kappa shape index (κ3) is 2.25. The highest BCUT2D eigenvalue weighted by molar-refractivity contribution is 5.65. The molecule has 1 N–H and O–H groups in total. The summed E-state index contributed by atoms with van der Waals surface area (Å²) in [5, 5.41) is 18.4. The van der Waals surface area contributed by atoms with Crippen LogP contribution in [0.3, 0.4) is 0 Å². The lowest BCUT2D eigenvalue weighted by atomic mass is 10.2. The first-order valence-corrected chi connectivity index (χ1v) is 5.52. The monoisotopic (exact) mass is 239 g/mol. The number of aromatic hydroxyl groups is 1. The first kappa shape index (κ1) is 11.9.